The van der Waals surface area contributed by atoms with Crippen LogP contribution in [0.1, 0.15) is 19.2 Å². The van der Waals surface area contributed by atoms with Crippen molar-refractivity contribution in [2.75, 3.05) is 26.0 Å². The second-order valence-corrected chi connectivity index (χ2v) is 8.96. The summed E-state index contributed by atoms with van der Waals surface area (Å²) in [6, 6.07) is 15.3. The number of anilines is 1. The maximum Gasteiger partial charge on any atom is 0.242 e. The first-order valence-corrected chi connectivity index (χ1v) is 10.5. The Labute approximate surface area is 161 Å². The Morgan fingerprint density at radius 2 is 1.74 bits per heavy atom. The average molecular weight is 387 g/mol. The van der Waals surface area contributed by atoms with Gasteiger partial charge in [-0.15, -0.1) is 0 Å². The smallest absolute Gasteiger partial charge is 0.242 e. The van der Waals surface area contributed by atoms with E-state index in [1.54, 1.807) is 12.1 Å². The van der Waals surface area contributed by atoms with Crippen molar-refractivity contribution < 1.29 is 8.42 Å². The van der Waals surface area contributed by atoms with Gasteiger partial charge in [0.05, 0.1) is 22.5 Å². The molecule has 6 nitrogen and oxygen atoms in total. The molecule has 0 unspecified atom stereocenters. The fraction of sp³-hybridized carbons (Fsp3) is 0.350. The third-order valence-corrected chi connectivity index (χ3v) is 6.41. The SMILES string of the molecule is CCCn1c(CN(C)c2ccccc2)nc2cc(S(=O)(=O)N(C)C)ccc21. The first-order valence-electron chi connectivity index (χ1n) is 9.02. The van der Waals surface area contributed by atoms with E-state index in [9.17, 15) is 8.42 Å². The van der Waals surface area contributed by atoms with Crippen molar-refractivity contribution >= 4 is 26.7 Å². The molecule has 0 fully saturated rings. The number of para-hydroxylation sites is 1. The van der Waals surface area contributed by atoms with Crippen LogP contribution >= 0.6 is 0 Å². The maximum atomic E-state index is 12.4. The minimum Gasteiger partial charge on any atom is -0.367 e. The molecule has 0 saturated carbocycles. The number of hydrogen-bond donors (Lipinski definition) is 0. The second-order valence-electron chi connectivity index (χ2n) is 6.81. The molecular weight excluding hydrogens is 360 g/mol. The van der Waals surface area contributed by atoms with Crippen molar-refractivity contribution in [3.63, 3.8) is 0 Å². The van der Waals surface area contributed by atoms with Crippen LogP contribution in [0, 0.1) is 0 Å². The van der Waals surface area contributed by atoms with Crippen molar-refractivity contribution in [3.05, 3.63) is 54.4 Å². The van der Waals surface area contributed by atoms with Gasteiger partial charge in [0.1, 0.15) is 5.82 Å². The van der Waals surface area contributed by atoms with Crippen LogP contribution in [-0.4, -0.2) is 43.4 Å². The van der Waals surface area contributed by atoms with Crippen LogP contribution in [0.4, 0.5) is 5.69 Å². The summed E-state index contributed by atoms with van der Waals surface area (Å²) in [7, 11) is 1.63. The molecule has 0 aliphatic rings. The highest BCUT2D eigenvalue weighted by Crippen LogP contribution is 2.24. The fourth-order valence-corrected chi connectivity index (χ4v) is 4.03. The summed E-state index contributed by atoms with van der Waals surface area (Å²) < 4.78 is 28.3. The van der Waals surface area contributed by atoms with Crippen LogP contribution in [0.5, 0.6) is 0 Å². The Kier molecular flexibility index (Phi) is 5.53. The highest BCUT2D eigenvalue weighted by Gasteiger charge is 2.20. The Bertz CT molecular complexity index is 1030. The summed E-state index contributed by atoms with van der Waals surface area (Å²) in [6.07, 6.45) is 0.977. The van der Waals surface area contributed by atoms with E-state index in [1.807, 2.05) is 31.3 Å². The van der Waals surface area contributed by atoms with Gasteiger partial charge in [-0.3, -0.25) is 0 Å². The highest BCUT2D eigenvalue weighted by molar-refractivity contribution is 7.89. The predicted octanol–water partition coefficient (Wildman–Crippen LogP) is 3.33. The first-order chi connectivity index (χ1) is 12.8. The molecule has 144 valence electrons. The van der Waals surface area contributed by atoms with Crippen LogP contribution in [0.25, 0.3) is 11.0 Å². The van der Waals surface area contributed by atoms with E-state index >= 15 is 0 Å². The summed E-state index contributed by atoms with van der Waals surface area (Å²) in [5, 5.41) is 0. The lowest BCUT2D eigenvalue weighted by atomic mass is 10.3. The molecule has 0 aliphatic heterocycles. The van der Waals surface area contributed by atoms with Gasteiger partial charge < -0.3 is 9.47 Å². The van der Waals surface area contributed by atoms with Crippen LogP contribution < -0.4 is 4.90 Å². The molecule has 0 N–H and O–H groups in total. The number of benzene rings is 2. The van der Waals surface area contributed by atoms with Crippen molar-refractivity contribution in [1.82, 2.24) is 13.9 Å². The lowest BCUT2D eigenvalue weighted by molar-refractivity contribution is 0.521. The van der Waals surface area contributed by atoms with Crippen LogP contribution in [0.15, 0.2) is 53.4 Å². The van der Waals surface area contributed by atoms with Gasteiger partial charge in [-0.1, -0.05) is 25.1 Å². The Hall–Kier alpha value is -2.38. The molecule has 0 atom stereocenters. The zero-order chi connectivity index (χ0) is 19.6. The lowest BCUT2D eigenvalue weighted by Gasteiger charge is -2.19. The quantitative estimate of drug-likeness (QED) is 0.625. The van der Waals surface area contributed by atoms with E-state index in [1.165, 1.54) is 18.4 Å². The minimum atomic E-state index is -3.48. The second kappa shape index (κ2) is 7.70. The van der Waals surface area contributed by atoms with E-state index in [0.29, 0.717) is 12.1 Å². The molecule has 0 bridgehead atoms. The normalized spacial score (nSPS) is 12.0. The summed E-state index contributed by atoms with van der Waals surface area (Å²) >= 11 is 0. The molecule has 0 aliphatic carbocycles. The Morgan fingerprint density at radius 3 is 2.37 bits per heavy atom. The van der Waals surface area contributed by atoms with E-state index in [4.69, 9.17) is 4.98 Å². The van der Waals surface area contributed by atoms with Crippen LogP contribution in [0.2, 0.25) is 0 Å². The third-order valence-electron chi connectivity index (χ3n) is 4.60. The van der Waals surface area contributed by atoms with Gasteiger partial charge in [0, 0.05) is 33.4 Å². The fourth-order valence-electron chi connectivity index (χ4n) is 3.11. The van der Waals surface area contributed by atoms with Gasteiger partial charge in [-0.2, -0.15) is 0 Å². The summed E-state index contributed by atoms with van der Waals surface area (Å²) in [6.45, 7) is 3.62. The predicted molar refractivity (Wildman–Crippen MR) is 109 cm³/mol. The van der Waals surface area contributed by atoms with E-state index in [-0.39, 0.29) is 4.90 Å². The van der Waals surface area contributed by atoms with Crippen molar-refractivity contribution in [3.8, 4) is 0 Å². The summed E-state index contributed by atoms with van der Waals surface area (Å²) in [4.78, 5) is 7.18. The Balaban J connectivity index is 2.03. The zero-order valence-corrected chi connectivity index (χ0v) is 17.1. The van der Waals surface area contributed by atoms with Crippen LogP contribution in [0.3, 0.4) is 0 Å². The maximum absolute atomic E-state index is 12.4. The minimum absolute atomic E-state index is 0.268. The molecule has 7 heteroatoms. The van der Waals surface area contributed by atoms with Gasteiger partial charge in [0.25, 0.3) is 0 Å². The number of rotatable bonds is 7. The third kappa shape index (κ3) is 3.84. The average Bonchev–Trinajstić information content (AvgIpc) is 2.99. The van der Waals surface area contributed by atoms with Crippen LogP contribution in [-0.2, 0) is 23.1 Å². The molecule has 0 radical (unpaired) electrons. The van der Waals surface area contributed by atoms with Gasteiger partial charge in [-0.05, 0) is 36.8 Å². The largest absolute Gasteiger partial charge is 0.367 e. The number of sulfonamides is 1. The number of hydrogen-bond acceptors (Lipinski definition) is 4. The first kappa shape index (κ1) is 19.4. The monoisotopic (exact) mass is 386 g/mol. The van der Waals surface area contributed by atoms with Gasteiger partial charge in [0.2, 0.25) is 10.0 Å². The molecule has 3 aromatic rings. The topological polar surface area (TPSA) is 58.4 Å². The highest BCUT2D eigenvalue weighted by atomic mass is 32.2. The van der Waals surface area contributed by atoms with Gasteiger partial charge >= 0.3 is 0 Å². The Morgan fingerprint density at radius 1 is 1.04 bits per heavy atom. The number of aromatic nitrogens is 2. The van der Waals surface area contributed by atoms with Gasteiger partial charge in [-0.25, -0.2) is 17.7 Å². The molecule has 1 heterocycles. The van der Waals surface area contributed by atoms with E-state index in [2.05, 4.69) is 28.5 Å². The number of imidazole rings is 1. The van der Waals surface area contributed by atoms with Crippen molar-refractivity contribution in [2.24, 2.45) is 0 Å². The van der Waals surface area contributed by atoms with Crippen molar-refractivity contribution in [2.45, 2.75) is 31.3 Å². The molecule has 0 amide bonds. The molecule has 2 aromatic carbocycles. The summed E-state index contributed by atoms with van der Waals surface area (Å²) in [5.74, 6) is 0.928. The molecule has 27 heavy (non-hydrogen) atoms. The molecule has 0 saturated heterocycles. The zero-order valence-electron chi connectivity index (χ0n) is 16.3. The number of fused-ring (bicyclic) bond motifs is 1. The van der Waals surface area contributed by atoms with Gasteiger partial charge in [0.15, 0.2) is 0 Å². The summed E-state index contributed by atoms with van der Waals surface area (Å²) in [5.41, 5.74) is 2.79. The number of nitrogens with zero attached hydrogens (tertiary/aromatic N) is 4. The standard InChI is InChI=1S/C20H26N4O2S/c1-5-13-24-19-12-11-17(27(25,26)22(2)3)14-18(19)21-20(24)15-23(4)16-9-7-6-8-10-16/h6-12,14H,5,13,15H2,1-4H3. The van der Waals surface area contributed by atoms with E-state index < -0.39 is 10.0 Å². The van der Waals surface area contributed by atoms with Crippen molar-refractivity contribution in [1.29, 1.82) is 0 Å². The number of aryl methyl sites for hydroxylation is 1. The molecular formula is C20H26N4O2S. The molecule has 0 spiro atoms. The molecule has 1 aromatic heterocycles. The molecule has 3 rings (SSSR count). The lowest BCUT2D eigenvalue weighted by Crippen LogP contribution is -2.22. The van der Waals surface area contributed by atoms with E-state index in [0.717, 1.165) is 30.0 Å².